The van der Waals surface area contributed by atoms with Crippen molar-refractivity contribution in [3.8, 4) is 16.9 Å². The molecule has 1 fully saturated rings. The standard InChI is InChI=1S/C19H22N2O3.C2HF3O2/c20-19(22)17-3-1-2-16(14-17)15-4-6-18(7-5-15)24-13-10-21-8-11-23-12-9-21;3-2(4,5)1(6)7/h1-7,14H,8-13H2,(H2,20,22);(H,6,7). The fraction of sp³-hybridized carbons (Fsp3) is 0.333. The highest BCUT2D eigenvalue weighted by atomic mass is 19.4. The molecule has 2 aromatic carbocycles. The number of carbonyl (C=O) groups excluding carboxylic acids is 1. The predicted molar refractivity (Wildman–Crippen MR) is 107 cm³/mol. The van der Waals surface area contributed by atoms with E-state index in [1.165, 1.54) is 0 Å². The van der Waals surface area contributed by atoms with Crippen molar-refractivity contribution in [3.05, 3.63) is 54.1 Å². The number of nitrogens with two attached hydrogens (primary N) is 1. The van der Waals surface area contributed by atoms with Gasteiger partial charge in [-0.2, -0.15) is 13.2 Å². The van der Waals surface area contributed by atoms with Crippen LogP contribution in [0.15, 0.2) is 48.5 Å². The van der Waals surface area contributed by atoms with Gasteiger partial charge in [0.1, 0.15) is 12.4 Å². The monoisotopic (exact) mass is 440 g/mol. The number of carboxylic acids is 1. The van der Waals surface area contributed by atoms with Crippen molar-refractivity contribution < 1.29 is 37.3 Å². The SMILES string of the molecule is NC(=O)c1cccc(-c2ccc(OCCN3CCOCC3)cc2)c1.O=C(O)C(F)(F)F. The van der Waals surface area contributed by atoms with Crippen LogP contribution in [-0.4, -0.2) is 67.5 Å². The maximum atomic E-state index is 11.3. The Hall–Kier alpha value is -3.11. The molecule has 3 N–H and O–H groups in total. The lowest BCUT2D eigenvalue weighted by atomic mass is 10.0. The van der Waals surface area contributed by atoms with Crippen LogP contribution in [0.3, 0.4) is 0 Å². The number of amides is 1. The molecule has 0 bridgehead atoms. The normalized spacial score (nSPS) is 14.3. The molecule has 0 spiro atoms. The molecule has 1 aliphatic rings. The van der Waals surface area contributed by atoms with E-state index in [4.69, 9.17) is 25.1 Å². The molecule has 10 heteroatoms. The number of nitrogens with zero attached hydrogens (tertiary/aromatic N) is 1. The summed E-state index contributed by atoms with van der Waals surface area (Å²) in [6.07, 6.45) is -5.08. The zero-order valence-electron chi connectivity index (χ0n) is 16.6. The first-order chi connectivity index (χ1) is 14.7. The fourth-order valence-electron chi connectivity index (χ4n) is 2.71. The molecular formula is C21H23F3N2O5. The number of rotatable bonds is 6. The van der Waals surface area contributed by atoms with Gasteiger partial charge < -0.3 is 20.3 Å². The minimum atomic E-state index is -5.08. The number of hydrogen-bond acceptors (Lipinski definition) is 5. The smallest absolute Gasteiger partial charge is 0.490 e. The van der Waals surface area contributed by atoms with Gasteiger partial charge in [0.25, 0.3) is 0 Å². The second-order valence-electron chi connectivity index (χ2n) is 6.57. The van der Waals surface area contributed by atoms with E-state index in [-0.39, 0.29) is 0 Å². The molecule has 1 heterocycles. The molecule has 1 saturated heterocycles. The first-order valence-corrected chi connectivity index (χ1v) is 9.40. The van der Waals surface area contributed by atoms with E-state index in [1.54, 1.807) is 12.1 Å². The number of carboxylic acid groups (broad SMARTS) is 1. The highest BCUT2D eigenvalue weighted by molar-refractivity contribution is 5.94. The molecule has 31 heavy (non-hydrogen) atoms. The number of carbonyl (C=O) groups is 2. The zero-order valence-corrected chi connectivity index (χ0v) is 16.6. The van der Waals surface area contributed by atoms with Gasteiger partial charge in [0.2, 0.25) is 5.91 Å². The molecule has 1 aliphatic heterocycles. The Balaban J connectivity index is 0.000000423. The van der Waals surface area contributed by atoms with Gasteiger partial charge in [0.15, 0.2) is 0 Å². The van der Waals surface area contributed by atoms with Crippen molar-refractivity contribution >= 4 is 11.9 Å². The summed E-state index contributed by atoms with van der Waals surface area (Å²) in [4.78, 5) is 22.5. The first kappa shape index (κ1) is 24.2. The highest BCUT2D eigenvalue weighted by Crippen LogP contribution is 2.23. The van der Waals surface area contributed by atoms with Crippen molar-refractivity contribution in [2.24, 2.45) is 5.73 Å². The van der Waals surface area contributed by atoms with Crippen molar-refractivity contribution in [1.82, 2.24) is 4.90 Å². The Bertz CT molecular complexity index is 866. The topological polar surface area (TPSA) is 102 Å². The number of aliphatic carboxylic acids is 1. The van der Waals surface area contributed by atoms with Crippen LogP contribution in [0.2, 0.25) is 0 Å². The lowest BCUT2D eigenvalue weighted by molar-refractivity contribution is -0.192. The van der Waals surface area contributed by atoms with E-state index in [0.29, 0.717) is 12.2 Å². The van der Waals surface area contributed by atoms with Gasteiger partial charge in [-0.3, -0.25) is 9.69 Å². The lowest BCUT2D eigenvalue weighted by Gasteiger charge is -2.26. The van der Waals surface area contributed by atoms with Crippen LogP contribution in [0.25, 0.3) is 11.1 Å². The maximum Gasteiger partial charge on any atom is 0.490 e. The Labute approximate surface area is 177 Å². The summed E-state index contributed by atoms with van der Waals surface area (Å²) >= 11 is 0. The predicted octanol–water partition coefficient (Wildman–Crippen LogP) is 2.80. The van der Waals surface area contributed by atoms with Gasteiger partial charge >= 0.3 is 12.1 Å². The van der Waals surface area contributed by atoms with Gasteiger partial charge in [-0.1, -0.05) is 24.3 Å². The second-order valence-corrected chi connectivity index (χ2v) is 6.57. The number of benzene rings is 2. The van der Waals surface area contributed by atoms with Crippen LogP contribution >= 0.6 is 0 Å². The van der Waals surface area contributed by atoms with Crippen molar-refractivity contribution in [1.29, 1.82) is 0 Å². The first-order valence-electron chi connectivity index (χ1n) is 9.40. The summed E-state index contributed by atoms with van der Waals surface area (Å²) in [5.41, 5.74) is 7.83. The Kier molecular flexibility index (Phi) is 8.83. The summed E-state index contributed by atoms with van der Waals surface area (Å²) in [6, 6.07) is 15.2. The van der Waals surface area contributed by atoms with Gasteiger partial charge in [-0.25, -0.2) is 4.79 Å². The summed E-state index contributed by atoms with van der Waals surface area (Å²) in [5, 5.41) is 7.12. The molecule has 0 aromatic heterocycles. The van der Waals surface area contributed by atoms with Crippen LogP contribution in [-0.2, 0) is 9.53 Å². The third-order valence-electron chi connectivity index (χ3n) is 4.36. The van der Waals surface area contributed by atoms with Gasteiger partial charge in [0.05, 0.1) is 13.2 Å². The van der Waals surface area contributed by atoms with Gasteiger partial charge in [-0.15, -0.1) is 0 Å². The molecular weight excluding hydrogens is 417 g/mol. The Morgan fingerprint density at radius 2 is 1.68 bits per heavy atom. The lowest BCUT2D eigenvalue weighted by Crippen LogP contribution is -2.38. The van der Waals surface area contributed by atoms with Gasteiger partial charge in [0, 0.05) is 25.2 Å². The summed E-state index contributed by atoms with van der Waals surface area (Å²) in [7, 11) is 0. The number of alkyl halides is 3. The molecule has 0 unspecified atom stereocenters. The molecule has 1 amide bonds. The summed E-state index contributed by atoms with van der Waals surface area (Å²) < 4.78 is 42.9. The van der Waals surface area contributed by atoms with E-state index in [0.717, 1.165) is 49.7 Å². The molecule has 3 rings (SSSR count). The molecule has 7 nitrogen and oxygen atoms in total. The fourth-order valence-corrected chi connectivity index (χ4v) is 2.71. The van der Waals surface area contributed by atoms with Crippen molar-refractivity contribution in [2.45, 2.75) is 6.18 Å². The molecule has 168 valence electrons. The quantitative estimate of drug-likeness (QED) is 0.716. The van der Waals surface area contributed by atoms with Crippen LogP contribution in [0, 0.1) is 0 Å². The summed E-state index contributed by atoms with van der Waals surface area (Å²) in [5.74, 6) is -2.33. The Morgan fingerprint density at radius 1 is 1.06 bits per heavy atom. The molecule has 2 aromatic rings. The number of morpholine rings is 1. The van der Waals surface area contributed by atoms with E-state index in [2.05, 4.69) is 4.90 Å². The number of primary amides is 1. The van der Waals surface area contributed by atoms with E-state index < -0.39 is 18.1 Å². The third-order valence-corrected chi connectivity index (χ3v) is 4.36. The third kappa shape index (κ3) is 8.27. The number of ether oxygens (including phenoxy) is 2. The molecule has 0 atom stereocenters. The van der Waals surface area contributed by atoms with Gasteiger partial charge in [-0.05, 0) is 35.4 Å². The Morgan fingerprint density at radius 3 is 2.23 bits per heavy atom. The minimum absolute atomic E-state index is 0.417. The van der Waals surface area contributed by atoms with Crippen LogP contribution in [0.4, 0.5) is 13.2 Å². The summed E-state index contributed by atoms with van der Waals surface area (Å²) in [6.45, 7) is 5.12. The highest BCUT2D eigenvalue weighted by Gasteiger charge is 2.38. The van der Waals surface area contributed by atoms with E-state index in [1.807, 2.05) is 36.4 Å². The average molecular weight is 440 g/mol. The van der Waals surface area contributed by atoms with E-state index >= 15 is 0 Å². The number of halogens is 3. The van der Waals surface area contributed by atoms with E-state index in [9.17, 15) is 18.0 Å². The van der Waals surface area contributed by atoms with Crippen LogP contribution < -0.4 is 10.5 Å². The van der Waals surface area contributed by atoms with Crippen LogP contribution in [0.1, 0.15) is 10.4 Å². The second kappa shape index (κ2) is 11.3. The minimum Gasteiger partial charge on any atom is -0.492 e. The molecule has 0 aliphatic carbocycles. The average Bonchev–Trinajstić information content (AvgIpc) is 2.75. The maximum absolute atomic E-state index is 11.3. The zero-order chi connectivity index (χ0) is 22.9. The molecule has 0 saturated carbocycles. The van der Waals surface area contributed by atoms with Crippen LogP contribution in [0.5, 0.6) is 5.75 Å². The van der Waals surface area contributed by atoms with Crippen molar-refractivity contribution in [2.75, 3.05) is 39.5 Å². The molecule has 0 radical (unpaired) electrons. The number of hydrogen-bond donors (Lipinski definition) is 2. The largest absolute Gasteiger partial charge is 0.492 e. The van der Waals surface area contributed by atoms with Crippen molar-refractivity contribution in [3.63, 3.8) is 0 Å².